The van der Waals surface area contributed by atoms with Crippen LogP contribution in [0.4, 0.5) is 5.69 Å². The number of amides is 1. The van der Waals surface area contributed by atoms with E-state index in [4.69, 9.17) is 40.2 Å². The van der Waals surface area contributed by atoms with E-state index in [2.05, 4.69) is 0 Å². The zero-order chi connectivity index (χ0) is 21.1. The molecule has 0 unspecified atom stereocenters. The number of halogens is 2. The van der Waals surface area contributed by atoms with Crippen molar-refractivity contribution in [2.75, 3.05) is 4.90 Å². The molecule has 3 aromatic rings. The summed E-state index contributed by atoms with van der Waals surface area (Å²) in [6, 6.07) is 22.1. The Morgan fingerprint density at radius 1 is 0.967 bits per heavy atom. The maximum Gasteiger partial charge on any atom is 0.270 e. The quantitative estimate of drug-likeness (QED) is 0.296. The molecular weight excluding hydrogens is 457 g/mol. The third-order valence-corrected chi connectivity index (χ3v) is 6.12. The first-order chi connectivity index (χ1) is 14.5. The van der Waals surface area contributed by atoms with Crippen LogP contribution >= 0.6 is 47.2 Å². The van der Waals surface area contributed by atoms with Gasteiger partial charge in [-0.25, -0.2) is 0 Å². The molecule has 1 amide bonds. The van der Waals surface area contributed by atoms with Crippen molar-refractivity contribution >= 4 is 69.2 Å². The highest BCUT2D eigenvalue weighted by Gasteiger charge is 2.33. The molecule has 0 N–H and O–H groups in total. The molecule has 0 aromatic heterocycles. The van der Waals surface area contributed by atoms with E-state index in [1.807, 2.05) is 54.6 Å². The predicted octanol–water partition coefficient (Wildman–Crippen LogP) is 6.98. The van der Waals surface area contributed by atoms with Gasteiger partial charge in [-0.2, -0.15) is 0 Å². The number of thioether (sulfide) groups is 1. The van der Waals surface area contributed by atoms with Crippen molar-refractivity contribution in [1.29, 1.82) is 0 Å². The van der Waals surface area contributed by atoms with Crippen LogP contribution in [0.5, 0.6) is 5.75 Å². The van der Waals surface area contributed by atoms with Crippen LogP contribution in [0.2, 0.25) is 10.0 Å². The Kier molecular flexibility index (Phi) is 6.44. The Bertz CT molecular complexity index is 1150. The van der Waals surface area contributed by atoms with Gasteiger partial charge in [0.2, 0.25) is 0 Å². The zero-order valence-corrected chi connectivity index (χ0v) is 18.7. The van der Waals surface area contributed by atoms with Gasteiger partial charge in [0.1, 0.15) is 12.4 Å². The Morgan fingerprint density at radius 3 is 2.50 bits per heavy atom. The van der Waals surface area contributed by atoms with Gasteiger partial charge in [0.05, 0.1) is 10.6 Å². The van der Waals surface area contributed by atoms with Crippen LogP contribution in [0.3, 0.4) is 0 Å². The van der Waals surface area contributed by atoms with Gasteiger partial charge in [-0.05, 0) is 54.1 Å². The second-order valence-electron chi connectivity index (χ2n) is 6.45. The third kappa shape index (κ3) is 4.71. The average molecular weight is 472 g/mol. The van der Waals surface area contributed by atoms with Gasteiger partial charge in [0, 0.05) is 15.6 Å². The van der Waals surface area contributed by atoms with Crippen molar-refractivity contribution in [2.45, 2.75) is 6.61 Å². The Hall–Kier alpha value is -2.31. The Morgan fingerprint density at radius 2 is 1.73 bits per heavy atom. The second-order valence-corrected chi connectivity index (χ2v) is 9.00. The van der Waals surface area contributed by atoms with E-state index < -0.39 is 0 Å². The first kappa shape index (κ1) is 20.9. The van der Waals surface area contributed by atoms with E-state index >= 15 is 0 Å². The number of rotatable bonds is 5. The van der Waals surface area contributed by atoms with Gasteiger partial charge < -0.3 is 4.74 Å². The van der Waals surface area contributed by atoms with E-state index in [-0.39, 0.29) is 5.91 Å². The van der Waals surface area contributed by atoms with E-state index in [1.54, 1.807) is 24.3 Å². The van der Waals surface area contributed by atoms with Crippen LogP contribution in [0.25, 0.3) is 6.08 Å². The van der Waals surface area contributed by atoms with Crippen LogP contribution < -0.4 is 9.64 Å². The minimum absolute atomic E-state index is 0.169. The lowest BCUT2D eigenvalue weighted by molar-refractivity contribution is -0.113. The maximum absolute atomic E-state index is 13.0. The molecule has 1 aliphatic rings. The van der Waals surface area contributed by atoms with Gasteiger partial charge in [-0.3, -0.25) is 9.69 Å². The number of hydrogen-bond acceptors (Lipinski definition) is 4. The molecule has 0 spiro atoms. The normalized spacial score (nSPS) is 15.1. The lowest BCUT2D eigenvalue weighted by Crippen LogP contribution is -2.27. The van der Waals surface area contributed by atoms with E-state index in [9.17, 15) is 4.79 Å². The van der Waals surface area contributed by atoms with Gasteiger partial charge in [0.15, 0.2) is 4.32 Å². The average Bonchev–Trinajstić information content (AvgIpc) is 3.01. The molecule has 0 atom stereocenters. The van der Waals surface area contributed by atoms with Crippen molar-refractivity contribution < 1.29 is 9.53 Å². The molecule has 1 fully saturated rings. The fourth-order valence-electron chi connectivity index (χ4n) is 2.96. The minimum Gasteiger partial charge on any atom is -0.488 e. The molecular formula is C23H15Cl2NO2S2. The number of thiocarbonyl (C=S) groups is 1. The first-order valence-electron chi connectivity index (χ1n) is 9.01. The molecule has 3 nitrogen and oxygen atoms in total. The number of nitrogens with zero attached hydrogens (tertiary/aromatic N) is 1. The molecule has 4 rings (SSSR count). The summed E-state index contributed by atoms with van der Waals surface area (Å²) in [6.45, 7) is 0.341. The molecule has 1 aliphatic heterocycles. The fraction of sp³-hybridized carbons (Fsp3) is 0.0435. The molecule has 7 heteroatoms. The SMILES string of the molecule is O=C1/C(=C\c2cc(Cl)ccc2OCc2cccc(Cl)c2)SC(=S)N1c1ccccc1. The standard InChI is InChI=1S/C23H15Cl2NO2S2/c24-17-6-4-5-15(11-17)14-28-20-10-9-18(25)12-16(20)13-21-22(27)26(23(29)30-21)19-7-2-1-3-8-19/h1-13H,14H2/b21-13+. The van der Waals surface area contributed by atoms with Crippen LogP contribution in [-0.2, 0) is 11.4 Å². The topological polar surface area (TPSA) is 29.5 Å². The molecule has 0 saturated carbocycles. The van der Waals surface area contributed by atoms with Crippen LogP contribution in [0.15, 0.2) is 77.7 Å². The third-order valence-electron chi connectivity index (χ3n) is 4.35. The molecule has 0 radical (unpaired) electrons. The number of anilines is 1. The molecule has 0 aliphatic carbocycles. The lowest BCUT2D eigenvalue weighted by Gasteiger charge is -2.14. The molecule has 1 heterocycles. The highest BCUT2D eigenvalue weighted by atomic mass is 35.5. The predicted molar refractivity (Wildman–Crippen MR) is 129 cm³/mol. The minimum atomic E-state index is -0.169. The van der Waals surface area contributed by atoms with Gasteiger partial charge >= 0.3 is 0 Å². The summed E-state index contributed by atoms with van der Waals surface area (Å²) in [6.07, 6.45) is 1.77. The maximum atomic E-state index is 13.0. The van der Waals surface area contributed by atoms with Crippen molar-refractivity contribution in [3.63, 3.8) is 0 Å². The molecule has 0 bridgehead atoms. The van der Waals surface area contributed by atoms with E-state index in [0.29, 0.717) is 37.2 Å². The van der Waals surface area contributed by atoms with Crippen molar-refractivity contribution in [2.24, 2.45) is 0 Å². The van der Waals surface area contributed by atoms with Crippen LogP contribution in [-0.4, -0.2) is 10.2 Å². The number of para-hydroxylation sites is 1. The summed E-state index contributed by atoms with van der Waals surface area (Å²) >= 11 is 18.9. The highest BCUT2D eigenvalue weighted by Crippen LogP contribution is 2.37. The van der Waals surface area contributed by atoms with Gasteiger partial charge in [-0.15, -0.1) is 0 Å². The molecule has 150 valence electrons. The Labute approximate surface area is 194 Å². The molecule has 1 saturated heterocycles. The first-order valence-corrected chi connectivity index (χ1v) is 11.0. The number of ether oxygens (including phenoxy) is 1. The monoisotopic (exact) mass is 471 g/mol. The van der Waals surface area contributed by atoms with Crippen LogP contribution in [0.1, 0.15) is 11.1 Å². The summed E-state index contributed by atoms with van der Waals surface area (Å²) < 4.78 is 6.48. The largest absolute Gasteiger partial charge is 0.488 e. The summed E-state index contributed by atoms with van der Waals surface area (Å²) in [5.74, 6) is 0.446. The number of carbonyl (C=O) groups is 1. The van der Waals surface area contributed by atoms with Gasteiger partial charge in [-0.1, -0.05) is 77.5 Å². The van der Waals surface area contributed by atoms with Gasteiger partial charge in [0.25, 0.3) is 5.91 Å². The number of benzene rings is 3. The molecule has 3 aromatic carbocycles. The summed E-state index contributed by atoms with van der Waals surface area (Å²) in [5, 5.41) is 1.20. The second kappa shape index (κ2) is 9.23. The summed E-state index contributed by atoms with van der Waals surface area (Å²) in [5.41, 5.74) is 2.39. The summed E-state index contributed by atoms with van der Waals surface area (Å²) in [7, 11) is 0. The number of carbonyl (C=O) groups excluding carboxylic acids is 1. The van der Waals surface area contributed by atoms with Crippen molar-refractivity contribution in [3.05, 3.63) is 98.9 Å². The zero-order valence-electron chi connectivity index (χ0n) is 15.5. The molecule has 30 heavy (non-hydrogen) atoms. The van der Waals surface area contributed by atoms with Crippen LogP contribution in [0, 0.1) is 0 Å². The Balaban J connectivity index is 1.61. The van der Waals surface area contributed by atoms with Crippen molar-refractivity contribution in [3.8, 4) is 5.75 Å². The summed E-state index contributed by atoms with van der Waals surface area (Å²) in [4.78, 5) is 15.0. The fourth-order valence-corrected chi connectivity index (χ4v) is 4.64. The highest BCUT2D eigenvalue weighted by molar-refractivity contribution is 8.27. The number of hydrogen-bond donors (Lipinski definition) is 0. The lowest BCUT2D eigenvalue weighted by atomic mass is 10.1. The van der Waals surface area contributed by atoms with E-state index in [0.717, 1.165) is 11.3 Å². The smallest absolute Gasteiger partial charge is 0.270 e. The van der Waals surface area contributed by atoms with Crippen molar-refractivity contribution in [1.82, 2.24) is 0 Å². The van der Waals surface area contributed by atoms with E-state index in [1.165, 1.54) is 16.7 Å².